The van der Waals surface area contributed by atoms with Crippen LogP contribution < -0.4 is 15.8 Å². The molecule has 0 aliphatic heterocycles. The summed E-state index contributed by atoms with van der Waals surface area (Å²) in [5.41, 5.74) is 6.57. The van der Waals surface area contributed by atoms with Crippen LogP contribution in [0.1, 0.15) is 50.5 Å². The lowest BCUT2D eigenvalue weighted by Gasteiger charge is -2.31. The van der Waals surface area contributed by atoms with Gasteiger partial charge in [0.25, 0.3) is 0 Å². The zero-order valence-electron chi connectivity index (χ0n) is 14.0. The predicted molar refractivity (Wildman–Crippen MR) is 91.5 cm³/mol. The first-order valence-electron chi connectivity index (χ1n) is 8.85. The molecule has 4 heteroatoms. The van der Waals surface area contributed by atoms with Gasteiger partial charge in [-0.05, 0) is 55.8 Å². The standard InChI is InChI=1S/C19H28N2O2/c1-23-16-8-5-7-15(12-16)19(10-2-3-11-19)18(22)21-17-9-4-6-14(17)13-20/h5,7-8,12,14,17H,2-4,6,9-11,13,20H2,1H3,(H,21,22). The average molecular weight is 316 g/mol. The Labute approximate surface area is 138 Å². The molecule has 0 spiro atoms. The minimum Gasteiger partial charge on any atom is -0.497 e. The number of nitrogens with two attached hydrogens (primary N) is 1. The molecule has 0 aromatic heterocycles. The lowest BCUT2D eigenvalue weighted by atomic mass is 9.77. The number of hydrogen-bond donors (Lipinski definition) is 2. The first-order valence-corrected chi connectivity index (χ1v) is 8.85. The van der Waals surface area contributed by atoms with Crippen molar-refractivity contribution >= 4 is 5.91 Å². The second-order valence-electron chi connectivity index (χ2n) is 7.03. The molecule has 3 N–H and O–H groups in total. The Morgan fingerprint density at radius 3 is 2.78 bits per heavy atom. The Bertz CT molecular complexity index is 552. The zero-order valence-corrected chi connectivity index (χ0v) is 14.0. The fraction of sp³-hybridized carbons (Fsp3) is 0.632. The van der Waals surface area contributed by atoms with Crippen molar-refractivity contribution in [3.8, 4) is 5.75 Å². The smallest absolute Gasteiger partial charge is 0.230 e. The molecule has 0 radical (unpaired) electrons. The summed E-state index contributed by atoms with van der Waals surface area (Å²) in [6.45, 7) is 0.664. The second-order valence-corrected chi connectivity index (χ2v) is 7.03. The van der Waals surface area contributed by atoms with E-state index in [0.717, 1.165) is 49.8 Å². The summed E-state index contributed by atoms with van der Waals surface area (Å²) in [5, 5.41) is 3.34. The van der Waals surface area contributed by atoms with Crippen LogP contribution in [0.2, 0.25) is 0 Å². The van der Waals surface area contributed by atoms with Gasteiger partial charge in [-0.15, -0.1) is 0 Å². The first kappa shape index (κ1) is 16.3. The number of benzene rings is 1. The van der Waals surface area contributed by atoms with E-state index in [9.17, 15) is 4.79 Å². The third-order valence-corrected chi connectivity index (χ3v) is 5.79. The van der Waals surface area contributed by atoms with E-state index >= 15 is 0 Å². The Kier molecular flexibility index (Phi) is 4.90. The van der Waals surface area contributed by atoms with Gasteiger partial charge in [-0.25, -0.2) is 0 Å². The maximum absolute atomic E-state index is 13.2. The van der Waals surface area contributed by atoms with Gasteiger partial charge in [0.05, 0.1) is 12.5 Å². The van der Waals surface area contributed by atoms with E-state index in [2.05, 4.69) is 11.4 Å². The number of nitrogens with one attached hydrogen (secondary N) is 1. The van der Waals surface area contributed by atoms with E-state index in [4.69, 9.17) is 10.5 Å². The first-order chi connectivity index (χ1) is 11.2. The summed E-state index contributed by atoms with van der Waals surface area (Å²) in [6, 6.07) is 8.27. The van der Waals surface area contributed by atoms with Crippen LogP contribution in [0.15, 0.2) is 24.3 Å². The molecule has 1 amide bonds. The summed E-state index contributed by atoms with van der Waals surface area (Å²) in [6.07, 6.45) is 7.41. The van der Waals surface area contributed by atoms with Crippen molar-refractivity contribution in [2.45, 2.75) is 56.4 Å². The quantitative estimate of drug-likeness (QED) is 0.878. The SMILES string of the molecule is COc1cccc(C2(C(=O)NC3CCCC3CN)CCCC2)c1. The number of carbonyl (C=O) groups is 1. The molecule has 0 saturated heterocycles. The predicted octanol–water partition coefficient (Wildman–Crippen LogP) is 2.75. The highest BCUT2D eigenvalue weighted by atomic mass is 16.5. The third kappa shape index (κ3) is 3.09. The van der Waals surface area contributed by atoms with Gasteiger partial charge in [0.15, 0.2) is 0 Å². The molecule has 2 aliphatic rings. The Morgan fingerprint density at radius 1 is 1.30 bits per heavy atom. The maximum Gasteiger partial charge on any atom is 0.230 e. The molecular formula is C19H28N2O2. The van der Waals surface area contributed by atoms with E-state index in [0.29, 0.717) is 12.5 Å². The largest absolute Gasteiger partial charge is 0.497 e. The molecule has 2 atom stereocenters. The summed E-state index contributed by atoms with van der Waals surface area (Å²) in [4.78, 5) is 13.2. The van der Waals surface area contributed by atoms with Gasteiger partial charge in [0.2, 0.25) is 5.91 Å². The zero-order chi connectivity index (χ0) is 16.3. The molecular weight excluding hydrogens is 288 g/mol. The molecule has 0 heterocycles. The van der Waals surface area contributed by atoms with Crippen LogP contribution in [0.4, 0.5) is 0 Å². The Hall–Kier alpha value is -1.55. The number of amides is 1. The van der Waals surface area contributed by atoms with Gasteiger partial charge in [-0.1, -0.05) is 31.4 Å². The van der Waals surface area contributed by atoms with E-state index in [1.54, 1.807) is 7.11 Å². The Balaban J connectivity index is 1.83. The fourth-order valence-corrected chi connectivity index (χ4v) is 4.36. The molecule has 4 nitrogen and oxygen atoms in total. The molecule has 2 aliphatic carbocycles. The molecule has 3 rings (SSSR count). The summed E-state index contributed by atoms with van der Waals surface area (Å²) in [5.74, 6) is 1.44. The van der Waals surface area contributed by atoms with Crippen molar-refractivity contribution in [1.82, 2.24) is 5.32 Å². The van der Waals surface area contributed by atoms with Crippen molar-refractivity contribution in [2.75, 3.05) is 13.7 Å². The number of ether oxygens (including phenoxy) is 1. The number of carbonyl (C=O) groups excluding carboxylic acids is 1. The van der Waals surface area contributed by atoms with E-state index in [-0.39, 0.29) is 11.9 Å². The molecule has 2 fully saturated rings. The topological polar surface area (TPSA) is 64.3 Å². The van der Waals surface area contributed by atoms with Crippen LogP contribution in [-0.4, -0.2) is 25.6 Å². The van der Waals surface area contributed by atoms with E-state index in [1.807, 2.05) is 18.2 Å². The Morgan fingerprint density at radius 2 is 2.09 bits per heavy atom. The summed E-state index contributed by atoms with van der Waals surface area (Å²) in [7, 11) is 1.67. The van der Waals surface area contributed by atoms with Crippen LogP contribution in [-0.2, 0) is 10.2 Å². The number of hydrogen-bond acceptors (Lipinski definition) is 3. The fourth-order valence-electron chi connectivity index (χ4n) is 4.36. The molecule has 0 bridgehead atoms. The van der Waals surface area contributed by atoms with Gasteiger partial charge < -0.3 is 15.8 Å². The van der Waals surface area contributed by atoms with Crippen LogP contribution in [0, 0.1) is 5.92 Å². The molecule has 126 valence electrons. The maximum atomic E-state index is 13.2. The molecule has 23 heavy (non-hydrogen) atoms. The van der Waals surface area contributed by atoms with Crippen molar-refractivity contribution in [2.24, 2.45) is 11.7 Å². The number of methoxy groups -OCH3 is 1. The minimum absolute atomic E-state index is 0.189. The molecule has 2 unspecified atom stereocenters. The summed E-state index contributed by atoms with van der Waals surface area (Å²) < 4.78 is 5.36. The highest BCUT2D eigenvalue weighted by Crippen LogP contribution is 2.42. The lowest BCUT2D eigenvalue weighted by Crippen LogP contribution is -2.49. The molecule has 2 saturated carbocycles. The van der Waals surface area contributed by atoms with Gasteiger partial charge in [-0.3, -0.25) is 4.79 Å². The highest BCUT2D eigenvalue weighted by Gasteiger charge is 2.44. The second kappa shape index (κ2) is 6.91. The average Bonchev–Trinajstić information content (AvgIpc) is 3.24. The van der Waals surface area contributed by atoms with Gasteiger partial charge in [0.1, 0.15) is 5.75 Å². The molecule has 1 aromatic carbocycles. The third-order valence-electron chi connectivity index (χ3n) is 5.79. The van der Waals surface area contributed by atoms with Crippen LogP contribution in [0.5, 0.6) is 5.75 Å². The monoisotopic (exact) mass is 316 g/mol. The van der Waals surface area contributed by atoms with Crippen molar-refractivity contribution in [1.29, 1.82) is 0 Å². The van der Waals surface area contributed by atoms with Gasteiger partial charge >= 0.3 is 0 Å². The minimum atomic E-state index is -0.393. The van der Waals surface area contributed by atoms with Crippen LogP contribution in [0.3, 0.4) is 0 Å². The van der Waals surface area contributed by atoms with Crippen LogP contribution >= 0.6 is 0 Å². The number of rotatable bonds is 5. The molecule has 1 aromatic rings. The van der Waals surface area contributed by atoms with Gasteiger partial charge in [-0.2, -0.15) is 0 Å². The summed E-state index contributed by atoms with van der Waals surface area (Å²) >= 11 is 0. The van der Waals surface area contributed by atoms with Crippen molar-refractivity contribution < 1.29 is 9.53 Å². The van der Waals surface area contributed by atoms with E-state index in [1.165, 1.54) is 6.42 Å². The van der Waals surface area contributed by atoms with Crippen molar-refractivity contribution in [3.63, 3.8) is 0 Å². The van der Waals surface area contributed by atoms with Crippen LogP contribution in [0.25, 0.3) is 0 Å². The van der Waals surface area contributed by atoms with E-state index < -0.39 is 5.41 Å². The lowest BCUT2D eigenvalue weighted by molar-refractivity contribution is -0.127. The highest BCUT2D eigenvalue weighted by molar-refractivity contribution is 5.89. The normalized spacial score (nSPS) is 26.2. The van der Waals surface area contributed by atoms with Gasteiger partial charge in [0, 0.05) is 6.04 Å². The van der Waals surface area contributed by atoms with Crippen molar-refractivity contribution in [3.05, 3.63) is 29.8 Å².